The first kappa shape index (κ1) is 34.4. The Morgan fingerprint density at radius 1 is 0.353 bits per heavy atom. The van der Waals surface area contributed by atoms with E-state index in [1.54, 1.807) is 42.7 Å². The van der Waals surface area contributed by atoms with E-state index >= 15 is 0 Å². The molecule has 0 amide bonds. The molecule has 0 aromatic rings. The van der Waals surface area contributed by atoms with E-state index in [0.717, 1.165) is 24.1 Å². The summed E-state index contributed by atoms with van der Waals surface area (Å²) in [5.74, 6) is 0.896. The Balaban J connectivity index is 4.10. The van der Waals surface area contributed by atoms with Crippen LogP contribution in [0.15, 0.2) is 0 Å². The molecule has 0 rings (SSSR count). The van der Waals surface area contributed by atoms with E-state index < -0.39 is 27.9 Å². The molecule has 0 bridgehead atoms. The molecule has 34 heavy (non-hydrogen) atoms. The fourth-order valence-corrected chi connectivity index (χ4v) is 7.80. The van der Waals surface area contributed by atoms with Crippen LogP contribution in [0.5, 0.6) is 0 Å². The van der Waals surface area contributed by atoms with Gasteiger partial charge >= 0.3 is 27.9 Å². The Hall–Kier alpha value is 0.411. The van der Waals surface area contributed by atoms with Crippen molar-refractivity contribution in [2.24, 2.45) is 5.92 Å². The molecule has 6 nitrogen and oxygen atoms in total. The molecule has 0 saturated carbocycles. The number of unbranched alkanes of at least 4 members (excludes halogenated alkanes) is 9. The molecule has 0 saturated heterocycles. The third kappa shape index (κ3) is 20.6. The first-order valence-electron chi connectivity index (χ1n) is 13.5. The molecule has 0 N–H and O–H groups in total. The molecule has 0 fully saturated rings. The maximum absolute atomic E-state index is 5.40. The second-order valence-corrected chi connectivity index (χ2v) is 15.2. The monoisotopic (exact) mass is 535 g/mol. The van der Waals surface area contributed by atoms with Crippen LogP contribution in [-0.4, -0.2) is 70.5 Å². The van der Waals surface area contributed by atoms with Crippen molar-refractivity contribution in [2.75, 3.05) is 42.7 Å². The molecular weight excluding hydrogens is 481 g/mol. The summed E-state index contributed by atoms with van der Waals surface area (Å²) in [6.07, 6.45) is 19.9. The van der Waals surface area contributed by atoms with Crippen molar-refractivity contribution < 1.29 is 26.6 Å². The van der Waals surface area contributed by atoms with Gasteiger partial charge in [0.25, 0.3) is 0 Å². The highest BCUT2D eigenvalue weighted by Crippen LogP contribution is 2.25. The molecule has 0 aromatic heterocycles. The summed E-state index contributed by atoms with van der Waals surface area (Å²) < 4.78 is 32.4. The molecule has 0 aliphatic heterocycles. The van der Waals surface area contributed by atoms with Crippen molar-refractivity contribution in [3.8, 4) is 0 Å². The Kier molecular flexibility index (Phi) is 26.8. The number of hydrogen-bond donors (Lipinski definition) is 0. The lowest BCUT2D eigenvalue weighted by Crippen LogP contribution is -2.18. The van der Waals surface area contributed by atoms with Gasteiger partial charge in [-0.1, -0.05) is 96.3 Å². The molecule has 3 radical (unpaired) electrons. The summed E-state index contributed by atoms with van der Waals surface area (Å²) in [6.45, 7) is 0. The second kappa shape index (κ2) is 26.5. The normalized spacial score (nSPS) is 12.2. The largest absolute Gasteiger partial charge is 0.397 e. The van der Waals surface area contributed by atoms with E-state index in [1.807, 2.05) is 0 Å². The van der Waals surface area contributed by atoms with Gasteiger partial charge in [-0.15, -0.1) is 0 Å². The van der Waals surface area contributed by atoms with E-state index in [1.165, 1.54) is 96.3 Å². The molecular formula is C25H55O6Si3. The standard InChI is InChI=1S/C25H55O6Si3/c1-26-32(27-2)22-16-10-7-13-19-25(20-14-8-11-17-23-33(28-3)29-4)21-15-9-12-18-24-34(30-5)31-6/h25H,7-24H2,1-6H3. The van der Waals surface area contributed by atoms with E-state index in [-0.39, 0.29) is 0 Å². The zero-order valence-corrected chi connectivity index (χ0v) is 26.3. The van der Waals surface area contributed by atoms with Gasteiger partial charge in [-0.05, 0) is 24.1 Å². The lowest BCUT2D eigenvalue weighted by molar-refractivity contribution is 0.276. The van der Waals surface area contributed by atoms with Crippen LogP contribution in [0.3, 0.4) is 0 Å². The average Bonchev–Trinajstić information content (AvgIpc) is 2.87. The fourth-order valence-electron chi connectivity index (χ4n) is 4.46. The maximum atomic E-state index is 5.40. The Morgan fingerprint density at radius 3 is 0.824 bits per heavy atom. The van der Waals surface area contributed by atoms with Crippen LogP contribution in [0.4, 0.5) is 0 Å². The van der Waals surface area contributed by atoms with E-state index in [0.29, 0.717) is 0 Å². The molecule has 9 heteroatoms. The second-order valence-electron chi connectivity index (χ2n) is 9.07. The lowest BCUT2D eigenvalue weighted by atomic mass is 9.90. The van der Waals surface area contributed by atoms with Crippen molar-refractivity contribution >= 4 is 27.9 Å². The van der Waals surface area contributed by atoms with Crippen LogP contribution >= 0.6 is 0 Å². The van der Waals surface area contributed by atoms with Crippen LogP contribution in [0, 0.1) is 5.92 Å². The fraction of sp³-hybridized carbons (Fsp3) is 1.00. The van der Waals surface area contributed by atoms with Crippen molar-refractivity contribution in [3.63, 3.8) is 0 Å². The van der Waals surface area contributed by atoms with Crippen LogP contribution in [0.25, 0.3) is 0 Å². The van der Waals surface area contributed by atoms with Gasteiger partial charge in [-0.25, -0.2) is 0 Å². The summed E-state index contributed by atoms with van der Waals surface area (Å²) in [5, 5.41) is 0. The van der Waals surface area contributed by atoms with Crippen LogP contribution < -0.4 is 0 Å². The van der Waals surface area contributed by atoms with Gasteiger partial charge in [0.2, 0.25) is 0 Å². The minimum Gasteiger partial charge on any atom is -0.397 e. The Bertz CT molecular complexity index is 340. The van der Waals surface area contributed by atoms with Gasteiger partial charge in [-0.3, -0.25) is 0 Å². The van der Waals surface area contributed by atoms with Gasteiger partial charge in [0.05, 0.1) is 0 Å². The molecule has 203 valence electrons. The zero-order valence-electron chi connectivity index (χ0n) is 23.3. The number of rotatable bonds is 27. The van der Waals surface area contributed by atoms with Crippen LogP contribution in [0.1, 0.15) is 96.3 Å². The average molecular weight is 536 g/mol. The molecule has 0 atom stereocenters. The molecule has 0 spiro atoms. The molecule has 0 aliphatic rings. The van der Waals surface area contributed by atoms with Crippen LogP contribution in [-0.2, 0) is 26.6 Å². The van der Waals surface area contributed by atoms with E-state index in [2.05, 4.69) is 0 Å². The van der Waals surface area contributed by atoms with Crippen LogP contribution in [0.2, 0.25) is 18.1 Å². The zero-order chi connectivity index (χ0) is 25.3. The first-order valence-corrected chi connectivity index (χ1v) is 18.0. The highest BCUT2D eigenvalue weighted by molar-refractivity contribution is 6.44. The Labute approximate surface area is 217 Å². The topological polar surface area (TPSA) is 55.4 Å². The van der Waals surface area contributed by atoms with Gasteiger partial charge in [0.15, 0.2) is 0 Å². The number of hydrogen-bond acceptors (Lipinski definition) is 6. The van der Waals surface area contributed by atoms with Gasteiger partial charge in [-0.2, -0.15) is 0 Å². The highest BCUT2D eigenvalue weighted by atomic mass is 28.3. The van der Waals surface area contributed by atoms with Crippen molar-refractivity contribution in [3.05, 3.63) is 0 Å². The minimum atomic E-state index is -1.01. The summed E-state index contributed by atoms with van der Waals surface area (Å²) in [5.41, 5.74) is 0. The first-order chi connectivity index (χ1) is 16.6. The smallest absolute Gasteiger partial charge is 0.384 e. The van der Waals surface area contributed by atoms with Gasteiger partial charge < -0.3 is 26.6 Å². The van der Waals surface area contributed by atoms with Gasteiger partial charge in [0.1, 0.15) is 0 Å². The predicted molar refractivity (Wildman–Crippen MR) is 146 cm³/mol. The maximum Gasteiger partial charge on any atom is 0.384 e. The summed E-state index contributed by atoms with van der Waals surface area (Å²) in [6, 6.07) is 3.31. The summed E-state index contributed by atoms with van der Waals surface area (Å²) in [4.78, 5) is 0. The summed E-state index contributed by atoms with van der Waals surface area (Å²) >= 11 is 0. The lowest BCUT2D eigenvalue weighted by Gasteiger charge is -2.17. The van der Waals surface area contributed by atoms with Crippen molar-refractivity contribution in [1.29, 1.82) is 0 Å². The summed E-state index contributed by atoms with van der Waals surface area (Å²) in [7, 11) is 7.59. The molecule has 0 aromatic carbocycles. The third-order valence-electron chi connectivity index (χ3n) is 6.60. The highest BCUT2D eigenvalue weighted by Gasteiger charge is 2.14. The minimum absolute atomic E-state index is 0.896. The predicted octanol–water partition coefficient (Wildman–Crippen LogP) is 6.80. The SMILES string of the molecule is CO[Si](CCCCCCC(CCCCCC[Si](OC)OC)CCCCCC[Si](OC)OC)OC. The van der Waals surface area contributed by atoms with Gasteiger partial charge in [0, 0.05) is 42.7 Å². The molecule has 0 unspecified atom stereocenters. The van der Waals surface area contributed by atoms with E-state index in [9.17, 15) is 0 Å². The Morgan fingerprint density at radius 2 is 0.588 bits per heavy atom. The van der Waals surface area contributed by atoms with Crippen molar-refractivity contribution in [1.82, 2.24) is 0 Å². The molecule has 0 heterocycles. The molecule has 0 aliphatic carbocycles. The third-order valence-corrected chi connectivity index (χ3v) is 11.6. The quantitative estimate of drug-likeness (QED) is 0.0852. The van der Waals surface area contributed by atoms with E-state index in [4.69, 9.17) is 26.6 Å². The van der Waals surface area contributed by atoms with Crippen molar-refractivity contribution in [2.45, 2.75) is 114 Å².